The fourth-order valence-electron chi connectivity index (χ4n) is 1.49. The zero-order valence-corrected chi connectivity index (χ0v) is 11.5. The van der Waals surface area contributed by atoms with E-state index in [0.29, 0.717) is 15.7 Å². The van der Waals surface area contributed by atoms with Crippen molar-refractivity contribution in [1.82, 2.24) is 4.98 Å². The van der Waals surface area contributed by atoms with Crippen LogP contribution in [0.2, 0.25) is 0 Å². The van der Waals surface area contributed by atoms with E-state index in [0.717, 1.165) is 6.07 Å². The molecule has 0 aliphatic heterocycles. The van der Waals surface area contributed by atoms with E-state index in [1.54, 1.807) is 18.2 Å². The van der Waals surface area contributed by atoms with Crippen LogP contribution in [0.4, 0.5) is 24.7 Å². The van der Waals surface area contributed by atoms with Gasteiger partial charge < -0.3 is 5.32 Å². The maximum absolute atomic E-state index is 12.6. The summed E-state index contributed by atoms with van der Waals surface area (Å²) in [6.45, 7) is 0. The van der Waals surface area contributed by atoms with Gasteiger partial charge in [0.1, 0.15) is 11.5 Å². The topological polar surface area (TPSA) is 48.7 Å². The SMILES string of the molecule is N#Cc1cccc(Nc2nc(C(F)(F)F)ccc2Br)c1. The highest BCUT2D eigenvalue weighted by atomic mass is 79.9. The molecule has 0 amide bonds. The Labute approximate surface area is 121 Å². The highest BCUT2D eigenvalue weighted by molar-refractivity contribution is 9.10. The molecule has 2 rings (SSSR count). The van der Waals surface area contributed by atoms with Gasteiger partial charge in [0, 0.05) is 5.69 Å². The lowest BCUT2D eigenvalue weighted by molar-refractivity contribution is -0.141. The number of rotatable bonds is 2. The van der Waals surface area contributed by atoms with Crippen molar-refractivity contribution < 1.29 is 13.2 Å². The number of aromatic nitrogens is 1. The molecule has 1 heterocycles. The number of alkyl halides is 3. The number of hydrogen-bond donors (Lipinski definition) is 1. The molecule has 0 aliphatic rings. The van der Waals surface area contributed by atoms with E-state index >= 15 is 0 Å². The van der Waals surface area contributed by atoms with E-state index < -0.39 is 11.9 Å². The molecule has 0 saturated carbocycles. The van der Waals surface area contributed by atoms with Crippen molar-refractivity contribution in [2.24, 2.45) is 0 Å². The third-order valence-electron chi connectivity index (χ3n) is 2.39. The normalized spacial score (nSPS) is 10.9. The Morgan fingerprint density at radius 1 is 1.20 bits per heavy atom. The van der Waals surface area contributed by atoms with E-state index in [9.17, 15) is 13.2 Å². The van der Waals surface area contributed by atoms with Crippen molar-refractivity contribution in [3.05, 3.63) is 52.1 Å². The minimum Gasteiger partial charge on any atom is -0.339 e. The Bertz CT molecular complexity index is 677. The smallest absolute Gasteiger partial charge is 0.339 e. The average molecular weight is 342 g/mol. The van der Waals surface area contributed by atoms with Gasteiger partial charge in [-0.1, -0.05) is 6.07 Å². The van der Waals surface area contributed by atoms with Gasteiger partial charge in [0.2, 0.25) is 0 Å². The monoisotopic (exact) mass is 341 g/mol. The van der Waals surface area contributed by atoms with Gasteiger partial charge in [0.15, 0.2) is 0 Å². The summed E-state index contributed by atoms with van der Waals surface area (Å²) < 4.78 is 38.2. The van der Waals surface area contributed by atoms with Gasteiger partial charge in [-0.2, -0.15) is 18.4 Å². The molecule has 0 atom stereocenters. The lowest BCUT2D eigenvalue weighted by Gasteiger charge is -2.11. The standard InChI is InChI=1S/C13H7BrF3N3/c14-10-4-5-11(13(15,16)17)20-12(10)19-9-3-1-2-8(6-9)7-18/h1-6H,(H,19,20). The van der Waals surface area contributed by atoms with E-state index in [-0.39, 0.29) is 5.82 Å². The maximum Gasteiger partial charge on any atom is 0.433 e. The predicted molar refractivity (Wildman–Crippen MR) is 71.4 cm³/mol. The van der Waals surface area contributed by atoms with Crippen LogP contribution in [0.1, 0.15) is 11.3 Å². The molecule has 0 aliphatic carbocycles. The number of nitrogens with one attached hydrogen (secondary N) is 1. The molecule has 1 aromatic heterocycles. The predicted octanol–water partition coefficient (Wildman–Crippen LogP) is 4.48. The first-order valence-corrected chi connectivity index (χ1v) is 6.20. The molecule has 0 unspecified atom stereocenters. The first-order chi connectivity index (χ1) is 9.40. The Kier molecular flexibility index (Phi) is 3.95. The summed E-state index contributed by atoms with van der Waals surface area (Å²) >= 11 is 3.13. The molecule has 0 saturated heterocycles. The lowest BCUT2D eigenvalue weighted by Crippen LogP contribution is -2.09. The molecule has 3 nitrogen and oxygen atoms in total. The van der Waals surface area contributed by atoms with Crippen LogP contribution in [-0.4, -0.2) is 4.98 Å². The van der Waals surface area contributed by atoms with Gasteiger partial charge in [-0.3, -0.25) is 0 Å². The second-order valence-electron chi connectivity index (χ2n) is 3.84. The van der Waals surface area contributed by atoms with E-state index in [4.69, 9.17) is 5.26 Å². The van der Waals surface area contributed by atoms with Gasteiger partial charge in [-0.15, -0.1) is 0 Å². The Morgan fingerprint density at radius 2 is 1.95 bits per heavy atom. The van der Waals surface area contributed by atoms with E-state index in [1.807, 2.05) is 6.07 Å². The van der Waals surface area contributed by atoms with Crippen LogP contribution in [0.5, 0.6) is 0 Å². The molecule has 0 fully saturated rings. The molecule has 20 heavy (non-hydrogen) atoms. The fourth-order valence-corrected chi connectivity index (χ4v) is 1.81. The second kappa shape index (κ2) is 5.51. The highest BCUT2D eigenvalue weighted by Gasteiger charge is 2.32. The second-order valence-corrected chi connectivity index (χ2v) is 4.70. The summed E-state index contributed by atoms with van der Waals surface area (Å²) in [7, 11) is 0. The minimum atomic E-state index is -4.51. The van der Waals surface area contributed by atoms with Crippen molar-refractivity contribution in [1.29, 1.82) is 5.26 Å². The first-order valence-electron chi connectivity index (χ1n) is 5.41. The molecule has 1 aromatic carbocycles. The molecule has 0 bridgehead atoms. The fraction of sp³-hybridized carbons (Fsp3) is 0.0769. The van der Waals surface area contributed by atoms with Crippen molar-refractivity contribution in [3.8, 4) is 6.07 Å². The number of anilines is 2. The average Bonchev–Trinajstić information content (AvgIpc) is 2.40. The Hall–Kier alpha value is -2.07. The van der Waals surface area contributed by atoms with Crippen molar-refractivity contribution in [3.63, 3.8) is 0 Å². The number of nitriles is 1. The summed E-state index contributed by atoms with van der Waals surface area (Å²) in [5, 5.41) is 11.5. The molecular weight excluding hydrogens is 335 g/mol. The third-order valence-corrected chi connectivity index (χ3v) is 3.03. The minimum absolute atomic E-state index is 0.0370. The van der Waals surface area contributed by atoms with Crippen LogP contribution in [0.3, 0.4) is 0 Å². The number of halogens is 4. The highest BCUT2D eigenvalue weighted by Crippen LogP contribution is 2.32. The summed E-state index contributed by atoms with van der Waals surface area (Å²) in [6, 6.07) is 10.5. The van der Waals surface area contributed by atoms with Gasteiger partial charge in [0.05, 0.1) is 16.1 Å². The quantitative estimate of drug-likeness (QED) is 0.876. The van der Waals surface area contributed by atoms with Crippen molar-refractivity contribution >= 4 is 27.4 Å². The lowest BCUT2D eigenvalue weighted by atomic mass is 10.2. The Morgan fingerprint density at radius 3 is 2.60 bits per heavy atom. The molecule has 7 heteroatoms. The summed E-state index contributed by atoms with van der Waals surface area (Å²) in [5.74, 6) is 0.0370. The van der Waals surface area contributed by atoms with Gasteiger partial charge >= 0.3 is 6.18 Å². The van der Waals surface area contributed by atoms with Gasteiger partial charge in [-0.05, 0) is 46.3 Å². The van der Waals surface area contributed by atoms with Crippen LogP contribution < -0.4 is 5.32 Å². The van der Waals surface area contributed by atoms with Crippen LogP contribution >= 0.6 is 15.9 Å². The third kappa shape index (κ3) is 3.27. The van der Waals surface area contributed by atoms with Crippen molar-refractivity contribution in [2.45, 2.75) is 6.18 Å². The van der Waals surface area contributed by atoms with Crippen LogP contribution in [0, 0.1) is 11.3 Å². The first kappa shape index (κ1) is 14.3. The summed E-state index contributed by atoms with van der Waals surface area (Å²) in [5.41, 5.74) is -0.102. The number of pyridine rings is 1. The molecule has 0 radical (unpaired) electrons. The molecule has 2 aromatic rings. The van der Waals surface area contributed by atoms with Crippen LogP contribution in [0.25, 0.3) is 0 Å². The van der Waals surface area contributed by atoms with E-state index in [2.05, 4.69) is 26.2 Å². The van der Waals surface area contributed by atoms with Gasteiger partial charge in [-0.25, -0.2) is 4.98 Å². The zero-order valence-electron chi connectivity index (χ0n) is 9.87. The molecular formula is C13H7BrF3N3. The Balaban J connectivity index is 2.35. The summed E-state index contributed by atoms with van der Waals surface area (Å²) in [4.78, 5) is 3.53. The number of nitrogens with zero attached hydrogens (tertiary/aromatic N) is 2. The van der Waals surface area contributed by atoms with Crippen molar-refractivity contribution in [2.75, 3.05) is 5.32 Å². The molecule has 102 valence electrons. The zero-order chi connectivity index (χ0) is 14.8. The van der Waals surface area contributed by atoms with E-state index in [1.165, 1.54) is 12.1 Å². The molecule has 0 spiro atoms. The van der Waals surface area contributed by atoms with Gasteiger partial charge in [0.25, 0.3) is 0 Å². The van der Waals surface area contributed by atoms with Crippen LogP contribution in [0.15, 0.2) is 40.9 Å². The summed E-state index contributed by atoms with van der Waals surface area (Å²) in [6.07, 6.45) is -4.51. The number of benzene rings is 1. The molecule has 1 N–H and O–H groups in total. The van der Waals surface area contributed by atoms with Crippen LogP contribution in [-0.2, 0) is 6.18 Å². The number of hydrogen-bond acceptors (Lipinski definition) is 3. The maximum atomic E-state index is 12.6. The largest absolute Gasteiger partial charge is 0.433 e.